The molecule has 3 aromatic heterocycles. The Bertz CT molecular complexity index is 1000. The van der Waals surface area contributed by atoms with Gasteiger partial charge < -0.3 is 18.0 Å². The van der Waals surface area contributed by atoms with Crippen LogP contribution in [-0.4, -0.2) is 23.2 Å². The van der Waals surface area contributed by atoms with E-state index in [0.717, 1.165) is 5.39 Å². The normalized spacial score (nSPS) is 10.9. The first-order valence-corrected chi connectivity index (χ1v) is 7.00. The SMILES string of the molecule is COc1cccc2cc(-c3nnc(NC(=O)c4ccco4)o3)oc12. The van der Waals surface area contributed by atoms with Crippen molar-refractivity contribution in [3.8, 4) is 17.4 Å². The minimum Gasteiger partial charge on any atom is -0.493 e. The number of hydrogen-bond acceptors (Lipinski definition) is 7. The number of benzene rings is 1. The fourth-order valence-corrected chi connectivity index (χ4v) is 2.24. The molecule has 0 atom stereocenters. The number of carbonyl (C=O) groups excluding carboxylic acids is 1. The summed E-state index contributed by atoms with van der Waals surface area (Å²) in [7, 11) is 1.56. The summed E-state index contributed by atoms with van der Waals surface area (Å²) < 4.78 is 21.4. The van der Waals surface area contributed by atoms with Crippen LogP contribution in [0.2, 0.25) is 0 Å². The van der Waals surface area contributed by atoms with Crippen LogP contribution in [0.5, 0.6) is 5.75 Å². The maximum atomic E-state index is 11.9. The number of furan rings is 2. The fourth-order valence-electron chi connectivity index (χ4n) is 2.24. The lowest BCUT2D eigenvalue weighted by Gasteiger charge is -1.98. The van der Waals surface area contributed by atoms with Gasteiger partial charge in [0.15, 0.2) is 22.9 Å². The van der Waals surface area contributed by atoms with Gasteiger partial charge in [0.1, 0.15) is 0 Å². The minimum absolute atomic E-state index is 0.0566. The highest BCUT2D eigenvalue weighted by Gasteiger charge is 2.18. The molecule has 0 radical (unpaired) electrons. The molecule has 1 N–H and O–H groups in total. The summed E-state index contributed by atoms with van der Waals surface area (Å²) >= 11 is 0. The molecule has 4 aromatic rings. The van der Waals surface area contributed by atoms with Crippen molar-refractivity contribution in [3.05, 3.63) is 48.4 Å². The number of nitrogens with zero attached hydrogens (tertiary/aromatic N) is 2. The van der Waals surface area contributed by atoms with Crippen LogP contribution >= 0.6 is 0 Å². The molecule has 0 aliphatic rings. The maximum absolute atomic E-state index is 11.9. The Balaban J connectivity index is 1.62. The Morgan fingerprint density at radius 3 is 2.88 bits per heavy atom. The number of amides is 1. The molecular weight excluding hydrogens is 314 g/mol. The number of anilines is 1. The molecule has 0 fully saturated rings. The molecule has 0 saturated carbocycles. The number of para-hydroxylation sites is 1. The molecular formula is C16H11N3O5. The Morgan fingerprint density at radius 1 is 1.17 bits per heavy atom. The van der Waals surface area contributed by atoms with Gasteiger partial charge in [-0.05, 0) is 24.3 Å². The van der Waals surface area contributed by atoms with E-state index in [-0.39, 0.29) is 17.7 Å². The number of fused-ring (bicyclic) bond motifs is 1. The Kier molecular flexibility index (Phi) is 3.27. The van der Waals surface area contributed by atoms with E-state index in [1.54, 1.807) is 25.3 Å². The molecule has 1 amide bonds. The average Bonchev–Trinajstić information content (AvgIpc) is 3.33. The Morgan fingerprint density at radius 2 is 2.08 bits per heavy atom. The second kappa shape index (κ2) is 5.58. The summed E-state index contributed by atoms with van der Waals surface area (Å²) in [4.78, 5) is 11.9. The minimum atomic E-state index is -0.485. The smallest absolute Gasteiger partial charge is 0.323 e. The number of hydrogen-bond donors (Lipinski definition) is 1. The largest absolute Gasteiger partial charge is 0.493 e. The third-order valence-corrected chi connectivity index (χ3v) is 3.33. The second-order valence-corrected chi connectivity index (χ2v) is 4.83. The number of methoxy groups -OCH3 is 1. The van der Waals surface area contributed by atoms with Gasteiger partial charge in [-0.25, -0.2) is 0 Å². The van der Waals surface area contributed by atoms with Crippen molar-refractivity contribution in [2.45, 2.75) is 0 Å². The van der Waals surface area contributed by atoms with Gasteiger partial charge in [0.2, 0.25) is 0 Å². The first-order chi connectivity index (χ1) is 11.7. The number of ether oxygens (including phenoxy) is 1. The quantitative estimate of drug-likeness (QED) is 0.613. The third-order valence-electron chi connectivity index (χ3n) is 3.33. The van der Waals surface area contributed by atoms with E-state index in [9.17, 15) is 4.79 Å². The van der Waals surface area contributed by atoms with Gasteiger partial charge in [-0.15, -0.1) is 5.10 Å². The molecule has 0 aliphatic carbocycles. The molecule has 0 saturated heterocycles. The zero-order valence-electron chi connectivity index (χ0n) is 12.5. The van der Waals surface area contributed by atoms with E-state index >= 15 is 0 Å². The topological polar surface area (TPSA) is 104 Å². The van der Waals surface area contributed by atoms with Crippen LogP contribution in [0.25, 0.3) is 22.6 Å². The van der Waals surface area contributed by atoms with Crippen molar-refractivity contribution in [1.29, 1.82) is 0 Å². The standard InChI is InChI=1S/C16H11N3O5/c1-21-10-5-2-4-9-8-12(23-13(9)10)15-18-19-16(24-15)17-14(20)11-6-3-7-22-11/h2-8H,1H3,(H,17,19,20). The summed E-state index contributed by atoms with van der Waals surface area (Å²) in [5.41, 5.74) is 0.578. The summed E-state index contributed by atoms with van der Waals surface area (Å²) in [6, 6.07) is 10.3. The third kappa shape index (κ3) is 2.39. The van der Waals surface area contributed by atoms with Gasteiger partial charge in [-0.2, -0.15) is 0 Å². The summed E-state index contributed by atoms with van der Waals surface area (Å²) in [6.07, 6.45) is 1.40. The van der Waals surface area contributed by atoms with E-state index in [4.69, 9.17) is 18.0 Å². The highest BCUT2D eigenvalue weighted by atomic mass is 16.5. The average molecular weight is 325 g/mol. The van der Waals surface area contributed by atoms with Crippen molar-refractivity contribution in [2.75, 3.05) is 12.4 Å². The van der Waals surface area contributed by atoms with Crippen LogP contribution in [0, 0.1) is 0 Å². The second-order valence-electron chi connectivity index (χ2n) is 4.83. The van der Waals surface area contributed by atoms with Crippen LogP contribution < -0.4 is 10.1 Å². The van der Waals surface area contributed by atoms with E-state index in [0.29, 0.717) is 17.1 Å². The van der Waals surface area contributed by atoms with Crippen molar-refractivity contribution < 1.29 is 22.8 Å². The van der Waals surface area contributed by atoms with Crippen LogP contribution in [0.3, 0.4) is 0 Å². The molecule has 0 aliphatic heterocycles. The first-order valence-electron chi connectivity index (χ1n) is 7.00. The van der Waals surface area contributed by atoms with Gasteiger partial charge in [-0.1, -0.05) is 17.2 Å². The van der Waals surface area contributed by atoms with E-state index in [2.05, 4.69) is 15.5 Å². The van der Waals surface area contributed by atoms with E-state index in [1.807, 2.05) is 12.1 Å². The highest BCUT2D eigenvalue weighted by molar-refractivity contribution is 6.00. The molecule has 3 heterocycles. The van der Waals surface area contributed by atoms with Gasteiger partial charge in [0, 0.05) is 5.39 Å². The maximum Gasteiger partial charge on any atom is 0.323 e. The number of nitrogens with one attached hydrogen (secondary N) is 1. The molecule has 24 heavy (non-hydrogen) atoms. The molecule has 4 rings (SSSR count). The Hall–Kier alpha value is -3.55. The van der Waals surface area contributed by atoms with E-state index in [1.165, 1.54) is 12.3 Å². The Labute approximate surface area is 135 Å². The highest BCUT2D eigenvalue weighted by Crippen LogP contribution is 2.33. The molecule has 120 valence electrons. The van der Waals surface area contributed by atoms with Gasteiger partial charge >= 0.3 is 6.01 Å². The fraction of sp³-hybridized carbons (Fsp3) is 0.0625. The molecule has 1 aromatic carbocycles. The van der Waals surface area contributed by atoms with Crippen LogP contribution in [-0.2, 0) is 0 Å². The molecule has 0 spiro atoms. The van der Waals surface area contributed by atoms with Gasteiger partial charge in [0.25, 0.3) is 11.8 Å². The summed E-state index contributed by atoms with van der Waals surface area (Å²) in [6.45, 7) is 0. The monoisotopic (exact) mass is 325 g/mol. The molecule has 8 heteroatoms. The summed E-state index contributed by atoms with van der Waals surface area (Å²) in [5.74, 6) is 0.776. The van der Waals surface area contributed by atoms with Crippen LogP contribution in [0.4, 0.5) is 6.01 Å². The van der Waals surface area contributed by atoms with Gasteiger partial charge in [0.05, 0.1) is 13.4 Å². The summed E-state index contributed by atoms with van der Waals surface area (Å²) in [5, 5.41) is 10.9. The van der Waals surface area contributed by atoms with Crippen molar-refractivity contribution in [1.82, 2.24) is 10.2 Å². The van der Waals surface area contributed by atoms with Gasteiger partial charge in [-0.3, -0.25) is 10.1 Å². The first kappa shape index (κ1) is 14.1. The van der Waals surface area contributed by atoms with Crippen LogP contribution in [0.15, 0.2) is 55.9 Å². The van der Waals surface area contributed by atoms with Crippen molar-refractivity contribution >= 4 is 22.9 Å². The van der Waals surface area contributed by atoms with Crippen molar-refractivity contribution in [2.24, 2.45) is 0 Å². The van der Waals surface area contributed by atoms with Crippen molar-refractivity contribution in [3.63, 3.8) is 0 Å². The van der Waals surface area contributed by atoms with Crippen LogP contribution in [0.1, 0.15) is 10.6 Å². The van der Waals surface area contributed by atoms with E-state index < -0.39 is 5.91 Å². The lowest BCUT2D eigenvalue weighted by Crippen LogP contribution is -2.10. The number of carbonyl (C=O) groups is 1. The molecule has 0 unspecified atom stereocenters. The molecule has 0 bridgehead atoms. The predicted molar refractivity (Wildman–Crippen MR) is 82.7 cm³/mol. The lowest BCUT2D eigenvalue weighted by atomic mass is 10.2. The molecule has 8 nitrogen and oxygen atoms in total. The number of aromatic nitrogens is 2. The zero-order chi connectivity index (χ0) is 16.5. The predicted octanol–water partition coefficient (Wildman–Crippen LogP) is 3.34. The number of rotatable bonds is 4. The lowest BCUT2D eigenvalue weighted by molar-refractivity contribution is 0.0994. The zero-order valence-corrected chi connectivity index (χ0v) is 12.5.